The van der Waals surface area contributed by atoms with Gasteiger partial charge in [-0.1, -0.05) is 28.7 Å². The molecule has 0 radical (unpaired) electrons. The molecule has 9 heteroatoms. The van der Waals surface area contributed by atoms with Crippen molar-refractivity contribution in [1.82, 2.24) is 4.98 Å². The number of hydrogen-bond donors (Lipinski definition) is 1. The molecule has 0 aliphatic carbocycles. The summed E-state index contributed by atoms with van der Waals surface area (Å²) in [7, 11) is 4.14. The maximum absolute atomic E-state index is 13.2. The average molecular weight is 420 g/mol. The van der Waals surface area contributed by atoms with E-state index in [2.05, 4.69) is 20.2 Å². The van der Waals surface area contributed by atoms with Gasteiger partial charge in [-0.05, 0) is 37.1 Å². The monoisotopic (exact) mass is 419 g/mol. The number of thiophene rings is 1. The van der Waals surface area contributed by atoms with E-state index in [1.54, 1.807) is 4.90 Å². The fourth-order valence-electron chi connectivity index (χ4n) is 2.88. The molecule has 0 aliphatic heterocycles. The molecule has 0 bridgehead atoms. The highest BCUT2D eigenvalue weighted by atomic mass is 32.1. The lowest BCUT2D eigenvalue weighted by Gasteiger charge is -2.19. The Morgan fingerprint density at radius 3 is 2.61 bits per heavy atom. The van der Waals surface area contributed by atoms with Gasteiger partial charge in [0, 0.05) is 19.0 Å². The maximum Gasteiger partial charge on any atom is 0.324 e. The molecule has 148 valence electrons. The second-order valence-electron chi connectivity index (χ2n) is 7.01. The summed E-state index contributed by atoms with van der Waals surface area (Å²) in [6.07, 6.45) is 0.815. The highest BCUT2D eigenvalue weighted by Gasteiger charge is 2.25. The van der Waals surface area contributed by atoms with E-state index in [0.29, 0.717) is 16.6 Å². The quantitative estimate of drug-likeness (QED) is 0.471. The predicted molar refractivity (Wildman–Crippen MR) is 114 cm³/mol. The third-order valence-electron chi connectivity index (χ3n) is 4.59. The van der Waals surface area contributed by atoms with Crippen molar-refractivity contribution in [2.45, 2.75) is 20.3 Å². The smallest absolute Gasteiger partial charge is 0.324 e. The molecule has 0 unspecified atom stereocenters. The lowest BCUT2D eigenvalue weighted by molar-refractivity contribution is -0.858. The van der Waals surface area contributed by atoms with Crippen molar-refractivity contribution in [3.05, 3.63) is 50.4 Å². The van der Waals surface area contributed by atoms with Crippen molar-refractivity contribution in [2.75, 3.05) is 32.1 Å². The van der Waals surface area contributed by atoms with Gasteiger partial charge in [0.1, 0.15) is 0 Å². The van der Waals surface area contributed by atoms with Gasteiger partial charge in [0.2, 0.25) is 0 Å². The molecule has 0 saturated carbocycles. The number of rotatable bonds is 7. The molecule has 0 aliphatic rings. The summed E-state index contributed by atoms with van der Waals surface area (Å²) in [5.74, 6) is -0.236. The van der Waals surface area contributed by atoms with Crippen LogP contribution in [0.15, 0.2) is 24.3 Å². The number of anilines is 1. The Hall–Kier alpha value is -2.36. The topological polar surface area (TPSA) is 80.8 Å². The largest absolute Gasteiger partial charge is 0.340 e. The highest BCUT2D eigenvalue weighted by Crippen LogP contribution is 2.34. The SMILES string of the molecule is Cc1ccc2sc(N(CCC[NH+](C)C)C(=O)c3ccc([N+](=O)[O-])s3)nc2c1C. The zero-order valence-corrected chi connectivity index (χ0v) is 17.9. The number of nitro groups is 1. The average Bonchev–Trinajstić information content (AvgIpc) is 3.28. The van der Waals surface area contributed by atoms with Crippen LogP contribution < -0.4 is 9.80 Å². The van der Waals surface area contributed by atoms with Crippen LogP contribution in [0.25, 0.3) is 10.2 Å². The molecule has 28 heavy (non-hydrogen) atoms. The van der Waals surface area contributed by atoms with Crippen LogP contribution in [0.2, 0.25) is 0 Å². The summed E-state index contributed by atoms with van der Waals surface area (Å²) in [6, 6.07) is 7.00. The summed E-state index contributed by atoms with van der Waals surface area (Å²) >= 11 is 2.39. The van der Waals surface area contributed by atoms with Gasteiger partial charge in [-0.2, -0.15) is 0 Å². The van der Waals surface area contributed by atoms with E-state index in [-0.39, 0.29) is 10.9 Å². The van der Waals surface area contributed by atoms with E-state index in [1.165, 1.54) is 28.4 Å². The molecule has 0 fully saturated rings. The van der Waals surface area contributed by atoms with Gasteiger partial charge in [-0.15, -0.1) is 0 Å². The minimum Gasteiger partial charge on any atom is -0.340 e. The molecule has 0 atom stereocenters. The third kappa shape index (κ3) is 4.21. The van der Waals surface area contributed by atoms with Crippen LogP contribution in [0.5, 0.6) is 0 Å². The number of nitrogens with zero attached hydrogens (tertiary/aromatic N) is 3. The van der Waals surface area contributed by atoms with E-state index >= 15 is 0 Å². The lowest BCUT2D eigenvalue weighted by atomic mass is 10.1. The number of aromatic nitrogens is 1. The molecule has 2 aromatic heterocycles. The molecular formula is C19H23N4O3S2+. The van der Waals surface area contributed by atoms with Crippen LogP contribution in [0.3, 0.4) is 0 Å². The first-order valence-electron chi connectivity index (χ1n) is 8.99. The number of hydrogen-bond acceptors (Lipinski definition) is 6. The standard InChI is InChI=1S/C19H22N4O3S2/c1-12-6-7-14-17(13(12)2)20-19(28-14)22(11-5-10-21(3)4)18(24)15-8-9-16(27-15)23(25)26/h6-9H,5,10-11H2,1-4H3/p+1. The molecule has 1 N–H and O–H groups in total. The van der Waals surface area contributed by atoms with E-state index in [1.807, 2.05) is 19.9 Å². The molecule has 3 aromatic rings. The Bertz CT molecular complexity index is 1030. The van der Waals surface area contributed by atoms with Crippen LogP contribution in [-0.2, 0) is 0 Å². The van der Waals surface area contributed by atoms with Gasteiger partial charge in [0.15, 0.2) is 5.13 Å². The maximum atomic E-state index is 13.2. The molecule has 1 aromatic carbocycles. The number of benzene rings is 1. The fraction of sp³-hybridized carbons (Fsp3) is 0.368. The zero-order valence-electron chi connectivity index (χ0n) is 16.3. The van der Waals surface area contributed by atoms with Gasteiger partial charge in [-0.25, -0.2) is 4.98 Å². The van der Waals surface area contributed by atoms with Gasteiger partial charge in [-0.3, -0.25) is 19.8 Å². The van der Waals surface area contributed by atoms with E-state index in [0.717, 1.165) is 45.6 Å². The number of carbonyl (C=O) groups is 1. The number of thiazole rings is 1. The van der Waals surface area contributed by atoms with Gasteiger partial charge >= 0.3 is 5.00 Å². The van der Waals surface area contributed by atoms with Gasteiger partial charge < -0.3 is 4.90 Å². The summed E-state index contributed by atoms with van der Waals surface area (Å²) in [5, 5.41) is 11.6. The number of aryl methyl sites for hydroxylation is 2. The summed E-state index contributed by atoms with van der Waals surface area (Å²) in [6.45, 7) is 5.51. The van der Waals surface area contributed by atoms with Crippen molar-refractivity contribution in [1.29, 1.82) is 0 Å². The molecule has 7 nitrogen and oxygen atoms in total. The molecule has 3 rings (SSSR count). The van der Waals surface area contributed by atoms with E-state index in [4.69, 9.17) is 4.98 Å². The Morgan fingerprint density at radius 1 is 1.21 bits per heavy atom. The Morgan fingerprint density at radius 2 is 1.96 bits per heavy atom. The van der Waals surface area contributed by atoms with Crippen LogP contribution in [0.4, 0.5) is 10.1 Å². The molecular weight excluding hydrogens is 396 g/mol. The van der Waals surface area contributed by atoms with E-state index < -0.39 is 4.92 Å². The number of carbonyl (C=O) groups excluding carboxylic acids is 1. The summed E-state index contributed by atoms with van der Waals surface area (Å²) in [5.41, 5.74) is 3.18. The minimum atomic E-state index is -0.467. The second-order valence-corrected chi connectivity index (χ2v) is 9.08. The first kappa shape index (κ1) is 20.4. The molecule has 0 spiro atoms. The predicted octanol–water partition coefficient (Wildman–Crippen LogP) is 3.06. The van der Waals surface area contributed by atoms with E-state index in [9.17, 15) is 14.9 Å². The first-order chi connectivity index (χ1) is 13.3. The number of amides is 1. The molecule has 2 heterocycles. The fourth-order valence-corrected chi connectivity index (χ4v) is 4.70. The van der Waals surface area contributed by atoms with Crippen molar-refractivity contribution in [3.8, 4) is 0 Å². The van der Waals surface area contributed by atoms with Crippen molar-refractivity contribution in [3.63, 3.8) is 0 Å². The third-order valence-corrected chi connectivity index (χ3v) is 6.66. The van der Waals surface area contributed by atoms with Gasteiger partial charge in [0.05, 0.1) is 40.7 Å². The zero-order chi connectivity index (χ0) is 20.4. The van der Waals surface area contributed by atoms with Crippen LogP contribution in [-0.4, -0.2) is 43.0 Å². The van der Waals surface area contributed by atoms with Crippen molar-refractivity contribution >= 4 is 48.9 Å². The van der Waals surface area contributed by atoms with Crippen molar-refractivity contribution < 1.29 is 14.6 Å². The van der Waals surface area contributed by atoms with Crippen LogP contribution in [0.1, 0.15) is 27.2 Å². The van der Waals surface area contributed by atoms with Gasteiger partial charge in [0.25, 0.3) is 5.91 Å². The minimum absolute atomic E-state index is 0.0307. The number of fused-ring (bicyclic) bond motifs is 1. The summed E-state index contributed by atoms with van der Waals surface area (Å²) in [4.78, 5) is 31.8. The van der Waals surface area contributed by atoms with Crippen LogP contribution >= 0.6 is 22.7 Å². The Kier molecular flexibility index (Phi) is 6.07. The molecule has 1 amide bonds. The second kappa shape index (κ2) is 8.34. The molecule has 0 saturated heterocycles. The summed E-state index contributed by atoms with van der Waals surface area (Å²) < 4.78 is 1.03. The normalized spacial score (nSPS) is 11.3. The number of nitrogens with one attached hydrogen (secondary N) is 1. The Labute approximate surface area is 171 Å². The lowest BCUT2D eigenvalue weighted by Crippen LogP contribution is -3.05. The highest BCUT2D eigenvalue weighted by molar-refractivity contribution is 7.22. The van der Waals surface area contributed by atoms with Crippen molar-refractivity contribution in [2.24, 2.45) is 0 Å². The Balaban J connectivity index is 1.97. The first-order valence-corrected chi connectivity index (χ1v) is 10.6. The van der Waals surface area contributed by atoms with Crippen LogP contribution in [0, 0.1) is 24.0 Å². The number of quaternary nitrogens is 1.